The molecule has 0 aliphatic rings. The first-order valence-corrected chi connectivity index (χ1v) is 8.76. The van der Waals surface area contributed by atoms with Crippen molar-refractivity contribution in [3.05, 3.63) is 63.1 Å². The van der Waals surface area contributed by atoms with Crippen molar-refractivity contribution >= 4 is 46.6 Å². The van der Waals surface area contributed by atoms with E-state index < -0.39 is 0 Å². The van der Waals surface area contributed by atoms with Crippen LogP contribution in [0, 0.1) is 13.8 Å². The molecule has 2 aromatic rings. The summed E-state index contributed by atoms with van der Waals surface area (Å²) in [5.74, 6) is 1.05. The Kier molecular flexibility index (Phi) is 6.18. The fourth-order valence-electron chi connectivity index (χ4n) is 2.01. The molecule has 2 aromatic carbocycles. The summed E-state index contributed by atoms with van der Waals surface area (Å²) in [7, 11) is 0. The summed E-state index contributed by atoms with van der Waals surface area (Å²) in [5, 5.41) is 3.74. The van der Waals surface area contributed by atoms with Crippen molar-refractivity contribution in [2.45, 2.75) is 19.6 Å². The highest BCUT2D eigenvalue weighted by molar-refractivity contribution is 7.99. The second-order valence-electron chi connectivity index (χ2n) is 5.08. The number of carbonyl (C=O) groups is 1. The smallest absolute Gasteiger partial charge is 0.234 e. The number of amides is 1. The lowest BCUT2D eigenvalue weighted by Gasteiger charge is -2.11. The Balaban J connectivity index is 1.90. The first-order valence-electron chi connectivity index (χ1n) is 6.85. The third kappa shape index (κ3) is 4.67. The van der Waals surface area contributed by atoms with Crippen LogP contribution in [0.2, 0.25) is 10.0 Å². The van der Waals surface area contributed by atoms with E-state index in [-0.39, 0.29) is 5.91 Å². The number of hydrogen-bond donors (Lipinski definition) is 1. The molecule has 116 valence electrons. The molecule has 0 atom stereocenters. The van der Waals surface area contributed by atoms with Crippen LogP contribution in [0.5, 0.6) is 0 Å². The van der Waals surface area contributed by atoms with Crippen LogP contribution in [-0.4, -0.2) is 11.7 Å². The molecule has 2 rings (SSSR count). The zero-order valence-electron chi connectivity index (χ0n) is 12.5. The molecular formula is C17H17Cl2NOS. The highest BCUT2D eigenvalue weighted by Crippen LogP contribution is 2.33. The Bertz CT molecular complexity index is 688. The second kappa shape index (κ2) is 7.91. The third-order valence-corrected chi connectivity index (χ3v) is 4.94. The molecule has 0 aliphatic heterocycles. The van der Waals surface area contributed by atoms with Crippen LogP contribution in [0.4, 0.5) is 5.69 Å². The molecule has 1 N–H and O–H groups in total. The highest BCUT2D eigenvalue weighted by Gasteiger charge is 2.11. The van der Waals surface area contributed by atoms with Crippen LogP contribution in [0.25, 0.3) is 0 Å². The van der Waals surface area contributed by atoms with Gasteiger partial charge in [-0.1, -0.05) is 59.1 Å². The number of thioether (sulfide) groups is 1. The van der Waals surface area contributed by atoms with Crippen LogP contribution in [0.3, 0.4) is 0 Å². The quantitative estimate of drug-likeness (QED) is 0.770. The summed E-state index contributed by atoms with van der Waals surface area (Å²) in [4.78, 5) is 12.0. The SMILES string of the molecule is Cc1cccc(CSCC(=O)Nc2c(Cl)ccc(C)c2Cl)c1. The van der Waals surface area contributed by atoms with Crippen LogP contribution < -0.4 is 5.32 Å². The van der Waals surface area contributed by atoms with E-state index in [0.29, 0.717) is 21.5 Å². The number of halogens is 2. The lowest BCUT2D eigenvalue weighted by molar-refractivity contribution is -0.113. The molecule has 0 aromatic heterocycles. The van der Waals surface area contributed by atoms with E-state index in [1.807, 2.05) is 19.1 Å². The number of nitrogens with one attached hydrogen (secondary N) is 1. The Labute approximate surface area is 145 Å². The Morgan fingerprint density at radius 2 is 1.95 bits per heavy atom. The predicted molar refractivity (Wildman–Crippen MR) is 97.2 cm³/mol. The summed E-state index contributed by atoms with van der Waals surface area (Å²) >= 11 is 13.8. The zero-order valence-corrected chi connectivity index (χ0v) is 14.8. The van der Waals surface area contributed by atoms with E-state index in [1.54, 1.807) is 17.8 Å². The minimum atomic E-state index is -0.105. The number of anilines is 1. The molecule has 0 bridgehead atoms. The molecule has 0 radical (unpaired) electrons. The molecule has 0 saturated carbocycles. The van der Waals surface area contributed by atoms with E-state index in [1.165, 1.54) is 11.1 Å². The monoisotopic (exact) mass is 353 g/mol. The second-order valence-corrected chi connectivity index (χ2v) is 6.85. The Morgan fingerprint density at radius 1 is 1.18 bits per heavy atom. The van der Waals surface area contributed by atoms with Crippen molar-refractivity contribution in [3.8, 4) is 0 Å². The summed E-state index contributed by atoms with van der Waals surface area (Å²) in [5.41, 5.74) is 3.81. The topological polar surface area (TPSA) is 29.1 Å². The van der Waals surface area contributed by atoms with E-state index in [9.17, 15) is 4.79 Å². The zero-order chi connectivity index (χ0) is 16.1. The lowest BCUT2D eigenvalue weighted by Crippen LogP contribution is -2.15. The van der Waals surface area contributed by atoms with Crippen molar-refractivity contribution in [1.82, 2.24) is 0 Å². The van der Waals surface area contributed by atoms with Gasteiger partial charge >= 0.3 is 0 Å². The van der Waals surface area contributed by atoms with Gasteiger partial charge in [0, 0.05) is 5.75 Å². The molecule has 0 spiro atoms. The van der Waals surface area contributed by atoms with Gasteiger partial charge in [-0.3, -0.25) is 4.79 Å². The van der Waals surface area contributed by atoms with E-state index in [4.69, 9.17) is 23.2 Å². The van der Waals surface area contributed by atoms with Gasteiger partial charge in [0.2, 0.25) is 5.91 Å². The molecule has 0 heterocycles. The number of carbonyl (C=O) groups excluding carboxylic acids is 1. The van der Waals surface area contributed by atoms with Crippen LogP contribution >= 0.6 is 35.0 Å². The van der Waals surface area contributed by atoms with Gasteiger partial charge in [0.1, 0.15) is 0 Å². The van der Waals surface area contributed by atoms with E-state index in [2.05, 4.69) is 30.4 Å². The standard InChI is InChI=1S/C17H17Cl2NOS/c1-11-4-3-5-13(8-11)9-22-10-15(21)20-17-14(18)7-6-12(2)16(17)19/h3-8H,9-10H2,1-2H3,(H,20,21). The van der Waals surface area contributed by atoms with Crippen LogP contribution in [0.15, 0.2) is 36.4 Å². The minimum absolute atomic E-state index is 0.105. The molecule has 5 heteroatoms. The maximum absolute atomic E-state index is 12.0. The highest BCUT2D eigenvalue weighted by atomic mass is 35.5. The third-order valence-electron chi connectivity index (χ3n) is 3.13. The number of benzene rings is 2. The van der Waals surface area contributed by atoms with Gasteiger partial charge in [0.05, 0.1) is 21.5 Å². The molecule has 0 fully saturated rings. The average Bonchev–Trinajstić information content (AvgIpc) is 2.48. The number of hydrogen-bond acceptors (Lipinski definition) is 2. The molecule has 0 unspecified atom stereocenters. The number of rotatable bonds is 5. The number of aryl methyl sites for hydroxylation is 2. The molecule has 22 heavy (non-hydrogen) atoms. The van der Waals surface area contributed by atoms with Gasteiger partial charge in [-0.2, -0.15) is 0 Å². The molecule has 0 saturated heterocycles. The van der Waals surface area contributed by atoms with E-state index >= 15 is 0 Å². The van der Waals surface area contributed by atoms with Crippen molar-refractivity contribution in [2.75, 3.05) is 11.1 Å². The van der Waals surface area contributed by atoms with Gasteiger partial charge < -0.3 is 5.32 Å². The maximum Gasteiger partial charge on any atom is 0.234 e. The predicted octanol–water partition coefficient (Wildman–Crippen LogP) is 5.48. The van der Waals surface area contributed by atoms with E-state index in [0.717, 1.165) is 11.3 Å². The molecule has 0 aliphatic carbocycles. The lowest BCUT2D eigenvalue weighted by atomic mass is 10.2. The van der Waals surface area contributed by atoms with Crippen molar-refractivity contribution in [2.24, 2.45) is 0 Å². The fourth-order valence-corrected chi connectivity index (χ4v) is 3.25. The van der Waals surface area contributed by atoms with Gasteiger partial charge in [0.25, 0.3) is 0 Å². The summed E-state index contributed by atoms with van der Waals surface area (Å²) in [6.45, 7) is 3.93. The first kappa shape index (κ1) is 17.2. The van der Waals surface area contributed by atoms with Crippen molar-refractivity contribution in [1.29, 1.82) is 0 Å². The molecular weight excluding hydrogens is 337 g/mol. The summed E-state index contributed by atoms with van der Waals surface area (Å²) in [6, 6.07) is 11.8. The van der Waals surface area contributed by atoms with Gasteiger partial charge in [-0.05, 0) is 31.0 Å². The van der Waals surface area contributed by atoms with Crippen LogP contribution in [-0.2, 0) is 10.5 Å². The minimum Gasteiger partial charge on any atom is -0.323 e. The van der Waals surface area contributed by atoms with Gasteiger partial charge in [-0.15, -0.1) is 11.8 Å². The van der Waals surface area contributed by atoms with Crippen molar-refractivity contribution < 1.29 is 4.79 Å². The molecule has 1 amide bonds. The Hall–Kier alpha value is -1.16. The van der Waals surface area contributed by atoms with Gasteiger partial charge in [0.15, 0.2) is 0 Å². The Morgan fingerprint density at radius 3 is 2.68 bits per heavy atom. The van der Waals surface area contributed by atoms with Crippen LogP contribution in [0.1, 0.15) is 16.7 Å². The summed E-state index contributed by atoms with van der Waals surface area (Å²) < 4.78 is 0. The fraction of sp³-hybridized carbons (Fsp3) is 0.235. The first-order chi connectivity index (χ1) is 10.5. The van der Waals surface area contributed by atoms with Crippen molar-refractivity contribution in [3.63, 3.8) is 0 Å². The van der Waals surface area contributed by atoms with Gasteiger partial charge in [-0.25, -0.2) is 0 Å². The molecule has 2 nitrogen and oxygen atoms in total. The average molecular weight is 354 g/mol. The largest absolute Gasteiger partial charge is 0.323 e. The maximum atomic E-state index is 12.0. The normalized spacial score (nSPS) is 10.5. The summed E-state index contributed by atoms with van der Waals surface area (Å²) in [6.07, 6.45) is 0.